The van der Waals surface area contributed by atoms with Crippen molar-refractivity contribution in [2.45, 2.75) is 37.8 Å². The first-order valence-corrected chi connectivity index (χ1v) is 4.75. The molecule has 3 heteroatoms. The number of terminal acetylenes is 1. The summed E-state index contributed by atoms with van der Waals surface area (Å²) in [6.07, 6.45) is 9.60. The zero-order valence-corrected chi connectivity index (χ0v) is 8.12. The third-order valence-electron chi connectivity index (χ3n) is 2.57. The molecule has 0 bridgehead atoms. The number of methoxy groups -OCH3 is 1. The van der Waals surface area contributed by atoms with Crippen molar-refractivity contribution in [1.29, 1.82) is 0 Å². The highest BCUT2D eigenvalue weighted by Crippen LogP contribution is 2.36. The smallest absolute Gasteiger partial charge is 0.0766 e. The fraction of sp³-hybridized carbons (Fsp3) is 0.800. The summed E-state index contributed by atoms with van der Waals surface area (Å²) in [7, 11) is 1.74. The van der Waals surface area contributed by atoms with E-state index in [0.29, 0.717) is 5.92 Å². The van der Waals surface area contributed by atoms with Crippen molar-refractivity contribution >= 4 is 0 Å². The number of hydrazine groups is 1. The van der Waals surface area contributed by atoms with E-state index in [4.69, 9.17) is 17.0 Å². The van der Waals surface area contributed by atoms with Crippen LogP contribution in [-0.4, -0.2) is 19.3 Å². The van der Waals surface area contributed by atoms with Crippen LogP contribution in [0.2, 0.25) is 0 Å². The molecule has 0 amide bonds. The van der Waals surface area contributed by atoms with Gasteiger partial charge in [-0.15, -0.1) is 12.3 Å². The molecule has 0 spiro atoms. The van der Waals surface area contributed by atoms with Crippen LogP contribution < -0.4 is 11.3 Å². The maximum Gasteiger partial charge on any atom is 0.0766 e. The molecule has 3 nitrogen and oxygen atoms in total. The van der Waals surface area contributed by atoms with Crippen molar-refractivity contribution in [3.63, 3.8) is 0 Å². The summed E-state index contributed by atoms with van der Waals surface area (Å²) in [5, 5.41) is 0. The molecule has 0 heterocycles. The molecule has 0 aromatic rings. The van der Waals surface area contributed by atoms with Gasteiger partial charge in [0.25, 0.3) is 0 Å². The predicted octanol–water partition coefficient (Wildman–Crippen LogP) is 0.657. The summed E-state index contributed by atoms with van der Waals surface area (Å²) in [6.45, 7) is 0. The van der Waals surface area contributed by atoms with Gasteiger partial charge in [-0.05, 0) is 25.2 Å². The van der Waals surface area contributed by atoms with Crippen molar-refractivity contribution < 1.29 is 4.74 Å². The summed E-state index contributed by atoms with van der Waals surface area (Å²) >= 11 is 0. The van der Waals surface area contributed by atoms with Gasteiger partial charge in [0.1, 0.15) is 0 Å². The Labute approximate surface area is 80.0 Å². The van der Waals surface area contributed by atoms with E-state index in [-0.39, 0.29) is 12.1 Å². The van der Waals surface area contributed by atoms with Crippen LogP contribution in [0.5, 0.6) is 0 Å². The number of ether oxygens (including phenoxy) is 1. The molecule has 3 N–H and O–H groups in total. The molecule has 74 valence electrons. The van der Waals surface area contributed by atoms with Gasteiger partial charge in [-0.1, -0.05) is 0 Å². The molecule has 2 unspecified atom stereocenters. The van der Waals surface area contributed by atoms with Gasteiger partial charge in [-0.2, -0.15) is 0 Å². The first-order chi connectivity index (χ1) is 6.33. The lowest BCUT2D eigenvalue weighted by molar-refractivity contribution is 0.0488. The van der Waals surface area contributed by atoms with Gasteiger partial charge in [0.05, 0.1) is 6.10 Å². The molecule has 0 saturated heterocycles. The highest BCUT2D eigenvalue weighted by atomic mass is 16.5. The molecule has 0 aliphatic heterocycles. The topological polar surface area (TPSA) is 47.3 Å². The molecule has 1 rings (SSSR count). The number of nitrogens with two attached hydrogens (primary N) is 1. The van der Waals surface area contributed by atoms with E-state index >= 15 is 0 Å². The highest BCUT2D eigenvalue weighted by Gasteiger charge is 2.35. The average molecular weight is 182 g/mol. The Morgan fingerprint density at radius 2 is 2.38 bits per heavy atom. The molecule has 2 atom stereocenters. The summed E-state index contributed by atoms with van der Waals surface area (Å²) in [6, 6.07) is 0.202. The van der Waals surface area contributed by atoms with Gasteiger partial charge >= 0.3 is 0 Å². The van der Waals surface area contributed by atoms with Crippen LogP contribution in [0.1, 0.15) is 25.7 Å². The van der Waals surface area contributed by atoms with Gasteiger partial charge in [0, 0.05) is 19.6 Å². The van der Waals surface area contributed by atoms with Gasteiger partial charge in [0.15, 0.2) is 0 Å². The van der Waals surface area contributed by atoms with Crippen LogP contribution in [0, 0.1) is 18.3 Å². The SMILES string of the molecule is C#CCCC(NN)C(OC)C1CC1. The minimum atomic E-state index is 0.202. The van der Waals surface area contributed by atoms with E-state index in [9.17, 15) is 0 Å². The molecular formula is C10H18N2O. The fourth-order valence-corrected chi connectivity index (χ4v) is 1.69. The Morgan fingerprint density at radius 3 is 2.77 bits per heavy atom. The number of hydrogen-bond donors (Lipinski definition) is 2. The van der Waals surface area contributed by atoms with Gasteiger partial charge < -0.3 is 4.74 Å². The van der Waals surface area contributed by atoms with Crippen molar-refractivity contribution in [2.24, 2.45) is 11.8 Å². The zero-order valence-electron chi connectivity index (χ0n) is 8.12. The van der Waals surface area contributed by atoms with Crippen molar-refractivity contribution in [1.82, 2.24) is 5.43 Å². The standard InChI is InChI=1S/C10H18N2O/c1-3-4-5-9(12-11)10(13-2)8-6-7-8/h1,8-10,12H,4-7,11H2,2H3. The zero-order chi connectivity index (χ0) is 9.68. The van der Waals surface area contributed by atoms with Crippen molar-refractivity contribution in [3.05, 3.63) is 0 Å². The first kappa shape index (κ1) is 10.5. The molecular weight excluding hydrogens is 164 g/mol. The summed E-state index contributed by atoms with van der Waals surface area (Å²) < 4.78 is 5.41. The molecule has 0 aromatic heterocycles. The van der Waals surface area contributed by atoms with Crippen molar-refractivity contribution in [3.8, 4) is 12.3 Å². The molecule has 1 saturated carbocycles. The first-order valence-electron chi connectivity index (χ1n) is 4.75. The summed E-state index contributed by atoms with van der Waals surface area (Å²) in [5.41, 5.74) is 2.79. The maximum absolute atomic E-state index is 5.46. The normalized spacial score (nSPS) is 20.7. The average Bonchev–Trinajstić information content (AvgIpc) is 2.95. The van der Waals surface area contributed by atoms with Crippen LogP contribution in [0.4, 0.5) is 0 Å². The number of nitrogens with one attached hydrogen (secondary N) is 1. The van der Waals surface area contributed by atoms with Gasteiger partial charge in [-0.25, -0.2) is 0 Å². The number of hydrogen-bond acceptors (Lipinski definition) is 3. The third kappa shape index (κ3) is 3.00. The lowest BCUT2D eigenvalue weighted by Crippen LogP contribution is -2.45. The summed E-state index contributed by atoms with van der Waals surface area (Å²) in [4.78, 5) is 0. The van der Waals surface area contributed by atoms with Crippen LogP contribution in [0.25, 0.3) is 0 Å². The Kier molecular flexibility index (Phi) is 4.23. The minimum absolute atomic E-state index is 0.202. The second-order valence-electron chi connectivity index (χ2n) is 3.55. The second-order valence-corrected chi connectivity index (χ2v) is 3.55. The third-order valence-corrected chi connectivity index (χ3v) is 2.57. The number of rotatable bonds is 6. The molecule has 0 radical (unpaired) electrons. The fourth-order valence-electron chi connectivity index (χ4n) is 1.69. The van der Waals surface area contributed by atoms with Gasteiger partial charge in [0.2, 0.25) is 0 Å². The van der Waals surface area contributed by atoms with E-state index in [1.165, 1.54) is 12.8 Å². The van der Waals surface area contributed by atoms with Crippen LogP contribution in [0.3, 0.4) is 0 Å². The molecule has 1 aliphatic rings. The maximum atomic E-state index is 5.46. The monoisotopic (exact) mass is 182 g/mol. The Bertz CT molecular complexity index is 184. The van der Waals surface area contributed by atoms with Crippen LogP contribution in [-0.2, 0) is 4.74 Å². The van der Waals surface area contributed by atoms with E-state index in [1.54, 1.807) is 7.11 Å². The summed E-state index contributed by atoms with van der Waals surface area (Å²) in [5.74, 6) is 8.76. The van der Waals surface area contributed by atoms with E-state index < -0.39 is 0 Å². The molecule has 13 heavy (non-hydrogen) atoms. The quantitative estimate of drug-likeness (QED) is 0.360. The molecule has 1 fully saturated rings. The van der Waals surface area contributed by atoms with E-state index in [0.717, 1.165) is 12.8 Å². The van der Waals surface area contributed by atoms with Crippen LogP contribution in [0.15, 0.2) is 0 Å². The molecule has 1 aliphatic carbocycles. The second kappa shape index (κ2) is 5.23. The predicted molar refractivity (Wildman–Crippen MR) is 52.7 cm³/mol. The van der Waals surface area contributed by atoms with E-state index in [1.807, 2.05) is 0 Å². The van der Waals surface area contributed by atoms with Crippen LogP contribution >= 0.6 is 0 Å². The van der Waals surface area contributed by atoms with Gasteiger partial charge in [-0.3, -0.25) is 11.3 Å². The van der Waals surface area contributed by atoms with E-state index in [2.05, 4.69) is 11.3 Å². The Hall–Kier alpha value is -0.560. The highest BCUT2D eigenvalue weighted by molar-refractivity contribution is 4.92. The molecule has 0 aromatic carbocycles. The lowest BCUT2D eigenvalue weighted by atomic mass is 10.0. The Morgan fingerprint density at radius 1 is 1.69 bits per heavy atom. The van der Waals surface area contributed by atoms with Crippen molar-refractivity contribution in [2.75, 3.05) is 7.11 Å². The Balaban J connectivity index is 2.37. The lowest BCUT2D eigenvalue weighted by Gasteiger charge is -2.24. The minimum Gasteiger partial charge on any atom is -0.379 e. The largest absolute Gasteiger partial charge is 0.379 e.